The first-order chi connectivity index (χ1) is 4.84. The number of hydrogen-bond acceptors (Lipinski definition) is 4. The predicted molar refractivity (Wildman–Crippen MR) is 43.9 cm³/mol. The zero-order chi connectivity index (χ0) is 7.40. The number of anilines is 1. The van der Waals surface area contributed by atoms with Crippen LogP contribution in [0.1, 0.15) is 11.8 Å². The molecule has 3 N–H and O–H groups in total. The summed E-state index contributed by atoms with van der Waals surface area (Å²) in [5.74, 6) is 0. The number of rotatable bonds is 3. The van der Waals surface area contributed by atoms with Crippen LogP contribution >= 0.6 is 11.5 Å². The minimum Gasteiger partial charge on any atom is -0.396 e. The molecule has 0 radical (unpaired) electrons. The molecule has 0 aliphatic carbocycles. The highest BCUT2D eigenvalue weighted by Gasteiger charge is 1.98. The average Bonchev–Trinajstić information content (AvgIpc) is 2.31. The van der Waals surface area contributed by atoms with Gasteiger partial charge in [0, 0.05) is 6.54 Å². The molecule has 0 aliphatic heterocycles. The molecule has 1 rings (SSSR count). The van der Waals surface area contributed by atoms with Gasteiger partial charge < -0.3 is 11.1 Å². The van der Waals surface area contributed by atoms with Crippen LogP contribution in [0.2, 0.25) is 0 Å². The van der Waals surface area contributed by atoms with E-state index in [9.17, 15) is 0 Å². The molecule has 4 heteroatoms. The van der Waals surface area contributed by atoms with Crippen molar-refractivity contribution in [3.63, 3.8) is 0 Å². The molecular formula is C6H11N3S. The van der Waals surface area contributed by atoms with Crippen molar-refractivity contribution < 1.29 is 0 Å². The zero-order valence-electron chi connectivity index (χ0n) is 5.92. The van der Waals surface area contributed by atoms with Gasteiger partial charge in [0.1, 0.15) is 0 Å². The molecule has 0 unspecified atom stereocenters. The topological polar surface area (TPSA) is 50.9 Å². The maximum absolute atomic E-state index is 5.59. The van der Waals surface area contributed by atoms with Gasteiger partial charge in [-0.3, -0.25) is 0 Å². The Morgan fingerprint density at radius 3 is 3.10 bits per heavy atom. The third-order valence-electron chi connectivity index (χ3n) is 1.21. The number of nitrogens with one attached hydrogen (secondary N) is 1. The van der Waals surface area contributed by atoms with Gasteiger partial charge in [0.25, 0.3) is 0 Å². The molecule has 0 saturated heterocycles. The van der Waals surface area contributed by atoms with Gasteiger partial charge >= 0.3 is 0 Å². The third-order valence-corrected chi connectivity index (χ3v) is 2.02. The van der Waals surface area contributed by atoms with Gasteiger partial charge in [0.2, 0.25) is 0 Å². The molecule has 0 amide bonds. The lowest BCUT2D eigenvalue weighted by atomic mass is 10.4. The average molecular weight is 157 g/mol. The number of nitrogens with two attached hydrogens (primary N) is 1. The van der Waals surface area contributed by atoms with Gasteiger partial charge in [-0.05, 0) is 18.1 Å². The Hall–Kier alpha value is -0.610. The molecule has 3 nitrogen and oxygen atoms in total. The number of nitrogen functional groups attached to an aromatic ring is 1. The molecule has 0 fully saturated rings. The predicted octanol–water partition coefficient (Wildman–Crippen LogP) is 0.835. The Balaban J connectivity index is 2.49. The quantitative estimate of drug-likeness (QED) is 0.683. The second-order valence-corrected chi connectivity index (χ2v) is 2.87. The summed E-state index contributed by atoms with van der Waals surface area (Å²) in [6, 6.07) is 0. The van der Waals surface area contributed by atoms with Crippen molar-refractivity contribution in [3.05, 3.63) is 11.1 Å². The molecule has 56 valence electrons. The zero-order valence-corrected chi connectivity index (χ0v) is 6.74. The van der Waals surface area contributed by atoms with Crippen molar-refractivity contribution in [2.75, 3.05) is 12.3 Å². The van der Waals surface area contributed by atoms with Crippen molar-refractivity contribution in [1.82, 2.24) is 9.69 Å². The van der Waals surface area contributed by atoms with Crippen molar-refractivity contribution in [2.45, 2.75) is 13.5 Å². The molecule has 0 aliphatic rings. The fraction of sp³-hybridized carbons (Fsp3) is 0.500. The summed E-state index contributed by atoms with van der Waals surface area (Å²) >= 11 is 1.45. The second kappa shape index (κ2) is 3.53. The van der Waals surface area contributed by atoms with Gasteiger partial charge in [-0.1, -0.05) is 6.92 Å². The van der Waals surface area contributed by atoms with Crippen molar-refractivity contribution >= 4 is 17.2 Å². The van der Waals surface area contributed by atoms with E-state index in [4.69, 9.17) is 5.73 Å². The number of aromatic nitrogens is 1. The number of hydrogen-bond donors (Lipinski definition) is 2. The Kier molecular flexibility index (Phi) is 2.65. The largest absolute Gasteiger partial charge is 0.396 e. The van der Waals surface area contributed by atoms with Crippen LogP contribution in [0.25, 0.3) is 0 Å². The lowest BCUT2D eigenvalue weighted by Crippen LogP contribution is -2.11. The summed E-state index contributed by atoms with van der Waals surface area (Å²) in [5, 5.41) is 3.18. The van der Waals surface area contributed by atoms with E-state index in [0.717, 1.165) is 23.7 Å². The first kappa shape index (κ1) is 7.50. The molecular weight excluding hydrogens is 146 g/mol. The van der Waals surface area contributed by atoms with E-state index < -0.39 is 0 Å². The first-order valence-electron chi connectivity index (χ1n) is 3.24. The maximum atomic E-state index is 5.59. The normalized spacial score (nSPS) is 10.1. The Bertz CT molecular complexity index is 197. The van der Waals surface area contributed by atoms with Crippen molar-refractivity contribution in [3.8, 4) is 0 Å². The maximum Gasteiger partial charge on any atom is 0.0672 e. The fourth-order valence-corrected chi connectivity index (χ4v) is 1.26. The van der Waals surface area contributed by atoms with Crippen LogP contribution in [0.15, 0.2) is 6.20 Å². The van der Waals surface area contributed by atoms with Gasteiger partial charge in [-0.25, -0.2) is 0 Å². The molecule has 0 aromatic carbocycles. The summed E-state index contributed by atoms with van der Waals surface area (Å²) in [6.07, 6.45) is 1.69. The van der Waals surface area contributed by atoms with Gasteiger partial charge in [0.05, 0.1) is 16.8 Å². The minimum atomic E-state index is 0.797. The molecule has 0 saturated carbocycles. The standard InChI is InChI=1S/C6H11N3S/c1-2-8-4-6-5(7)3-9-10-6/h3,8H,2,4,7H2,1H3. The van der Waals surface area contributed by atoms with E-state index in [2.05, 4.69) is 16.6 Å². The van der Waals surface area contributed by atoms with Crippen LogP contribution in [0.4, 0.5) is 5.69 Å². The monoisotopic (exact) mass is 157 g/mol. The van der Waals surface area contributed by atoms with Crippen LogP contribution in [0.3, 0.4) is 0 Å². The first-order valence-corrected chi connectivity index (χ1v) is 4.01. The molecule has 1 heterocycles. The van der Waals surface area contributed by atoms with E-state index in [1.165, 1.54) is 11.5 Å². The lowest BCUT2D eigenvalue weighted by molar-refractivity contribution is 0.736. The summed E-state index contributed by atoms with van der Waals surface area (Å²) in [7, 11) is 0. The Morgan fingerprint density at radius 2 is 2.60 bits per heavy atom. The summed E-state index contributed by atoms with van der Waals surface area (Å²) in [4.78, 5) is 1.13. The highest BCUT2D eigenvalue weighted by molar-refractivity contribution is 7.06. The molecule has 10 heavy (non-hydrogen) atoms. The van der Waals surface area contributed by atoms with Gasteiger partial charge in [0.15, 0.2) is 0 Å². The van der Waals surface area contributed by atoms with Crippen molar-refractivity contribution in [1.29, 1.82) is 0 Å². The van der Waals surface area contributed by atoms with Gasteiger partial charge in [-0.2, -0.15) is 4.37 Å². The number of nitrogens with zero attached hydrogens (tertiary/aromatic N) is 1. The van der Waals surface area contributed by atoms with E-state index in [1.54, 1.807) is 6.20 Å². The molecule has 0 spiro atoms. The fourth-order valence-electron chi connectivity index (χ4n) is 0.644. The van der Waals surface area contributed by atoms with E-state index >= 15 is 0 Å². The minimum absolute atomic E-state index is 0.797. The van der Waals surface area contributed by atoms with Crippen LogP contribution in [-0.4, -0.2) is 10.9 Å². The summed E-state index contributed by atoms with van der Waals surface area (Å²) in [6.45, 7) is 3.88. The van der Waals surface area contributed by atoms with Gasteiger partial charge in [-0.15, -0.1) is 0 Å². The Labute approximate surface area is 64.4 Å². The van der Waals surface area contributed by atoms with E-state index in [-0.39, 0.29) is 0 Å². The SMILES string of the molecule is CCNCc1sncc1N. The van der Waals surface area contributed by atoms with Crippen LogP contribution < -0.4 is 11.1 Å². The highest BCUT2D eigenvalue weighted by Crippen LogP contribution is 2.14. The van der Waals surface area contributed by atoms with Crippen LogP contribution in [-0.2, 0) is 6.54 Å². The second-order valence-electron chi connectivity index (χ2n) is 1.98. The molecule has 0 bridgehead atoms. The molecule has 0 atom stereocenters. The smallest absolute Gasteiger partial charge is 0.0672 e. The highest BCUT2D eigenvalue weighted by atomic mass is 32.1. The van der Waals surface area contributed by atoms with Crippen molar-refractivity contribution in [2.24, 2.45) is 0 Å². The molecule has 1 aromatic rings. The third kappa shape index (κ3) is 1.68. The van der Waals surface area contributed by atoms with E-state index in [0.29, 0.717) is 0 Å². The molecule has 1 aromatic heterocycles. The lowest BCUT2D eigenvalue weighted by Gasteiger charge is -1.96. The van der Waals surface area contributed by atoms with Crippen LogP contribution in [0.5, 0.6) is 0 Å². The van der Waals surface area contributed by atoms with E-state index in [1.807, 2.05) is 0 Å². The van der Waals surface area contributed by atoms with Crippen LogP contribution in [0, 0.1) is 0 Å². The Morgan fingerprint density at radius 1 is 1.80 bits per heavy atom. The summed E-state index contributed by atoms with van der Waals surface area (Å²) < 4.78 is 3.95. The summed E-state index contributed by atoms with van der Waals surface area (Å²) in [5.41, 5.74) is 6.39.